The molecule has 0 aromatic carbocycles. The largest absolute Gasteiger partial charge is 0.354 e. The fourth-order valence-electron chi connectivity index (χ4n) is 4.66. The van der Waals surface area contributed by atoms with Crippen LogP contribution in [0, 0.1) is 0 Å². The van der Waals surface area contributed by atoms with Crippen LogP contribution in [-0.4, -0.2) is 96.5 Å². The van der Waals surface area contributed by atoms with Crippen molar-refractivity contribution in [3.63, 3.8) is 0 Å². The molecule has 26 heavy (non-hydrogen) atoms. The molecule has 2 heterocycles. The van der Waals surface area contributed by atoms with Crippen molar-refractivity contribution in [2.24, 2.45) is 4.99 Å². The minimum Gasteiger partial charge on any atom is -0.354 e. The molecule has 3 aliphatic rings. The van der Waals surface area contributed by atoms with Crippen molar-refractivity contribution in [1.29, 1.82) is 0 Å². The molecule has 0 aromatic heterocycles. The van der Waals surface area contributed by atoms with Crippen LogP contribution in [-0.2, 0) is 4.79 Å². The highest BCUT2D eigenvalue weighted by molar-refractivity contribution is 7.99. The minimum atomic E-state index is 0.178. The predicted octanol–water partition coefficient (Wildman–Crippen LogP) is 1.48. The summed E-state index contributed by atoms with van der Waals surface area (Å²) in [6.07, 6.45) is 6.69. The molecule has 1 saturated carbocycles. The van der Waals surface area contributed by atoms with Crippen LogP contribution in [0.4, 0.5) is 0 Å². The van der Waals surface area contributed by atoms with E-state index in [0.717, 1.165) is 38.7 Å². The van der Waals surface area contributed by atoms with Crippen molar-refractivity contribution in [2.75, 3.05) is 64.4 Å². The zero-order chi connectivity index (χ0) is 18.4. The summed E-state index contributed by atoms with van der Waals surface area (Å²) in [5, 5.41) is 3.72. The highest BCUT2D eigenvalue weighted by Gasteiger charge is 2.38. The first-order valence-corrected chi connectivity index (χ1v) is 11.3. The van der Waals surface area contributed by atoms with E-state index < -0.39 is 0 Å². The Morgan fingerprint density at radius 3 is 2.19 bits per heavy atom. The predicted molar refractivity (Wildman–Crippen MR) is 110 cm³/mol. The number of nitrogens with zero attached hydrogens (tertiary/aromatic N) is 4. The van der Waals surface area contributed by atoms with Gasteiger partial charge in [-0.3, -0.25) is 14.7 Å². The molecule has 2 saturated heterocycles. The van der Waals surface area contributed by atoms with Gasteiger partial charge in [-0.2, -0.15) is 11.8 Å². The molecule has 2 aliphatic heterocycles. The Balaban J connectivity index is 1.59. The summed E-state index contributed by atoms with van der Waals surface area (Å²) in [5.74, 6) is 3.72. The molecule has 6 nitrogen and oxygen atoms in total. The molecule has 0 radical (unpaired) electrons. The molecule has 0 unspecified atom stereocenters. The Morgan fingerprint density at radius 1 is 1.00 bits per heavy atom. The summed E-state index contributed by atoms with van der Waals surface area (Å²) in [6.45, 7) is 8.43. The molecular formula is C19H35N5OS. The van der Waals surface area contributed by atoms with Crippen molar-refractivity contribution in [3.05, 3.63) is 0 Å². The van der Waals surface area contributed by atoms with Gasteiger partial charge in [-0.1, -0.05) is 19.3 Å². The summed E-state index contributed by atoms with van der Waals surface area (Å²) in [7, 11) is 1.88. The number of guanidine groups is 1. The van der Waals surface area contributed by atoms with E-state index in [0.29, 0.717) is 5.54 Å². The van der Waals surface area contributed by atoms with Gasteiger partial charge >= 0.3 is 0 Å². The number of thioether (sulfide) groups is 1. The number of carbonyl (C=O) groups excluding carboxylic acids is 1. The Morgan fingerprint density at radius 2 is 1.62 bits per heavy atom. The van der Waals surface area contributed by atoms with Gasteiger partial charge in [0.1, 0.15) is 0 Å². The molecular weight excluding hydrogens is 346 g/mol. The van der Waals surface area contributed by atoms with E-state index in [2.05, 4.69) is 31.9 Å². The van der Waals surface area contributed by atoms with Crippen LogP contribution in [0.3, 0.4) is 0 Å². The van der Waals surface area contributed by atoms with Crippen LogP contribution in [0.5, 0.6) is 0 Å². The van der Waals surface area contributed by atoms with Crippen molar-refractivity contribution in [3.8, 4) is 0 Å². The number of carbonyl (C=O) groups is 1. The van der Waals surface area contributed by atoms with Crippen molar-refractivity contribution < 1.29 is 4.79 Å². The fraction of sp³-hybridized carbons (Fsp3) is 0.895. The molecule has 1 amide bonds. The van der Waals surface area contributed by atoms with Gasteiger partial charge in [-0.15, -0.1) is 0 Å². The summed E-state index contributed by atoms with van der Waals surface area (Å²) in [6, 6.07) is 0. The van der Waals surface area contributed by atoms with E-state index in [1.807, 2.05) is 11.9 Å². The summed E-state index contributed by atoms with van der Waals surface area (Å²) >= 11 is 2.09. The molecule has 3 fully saturated rings. The van der Waals surface area contributed by atoms with Crippen molar-refractivity contribution in [2.45, 2.75) is 44.6 Å². The lowest BCUT2D eigenvalue weighted by Crippen LogP contribution is -2.61. The minimum absolute atomic E-state index is 0.178. The number of piperazine rings is 1. The zero-order valence-electron chi connectivity index (χ0n) is 16.5. The van der Waals surface area contributed by atoms with Crippen LogP contribution in [0.1, 0.15) is 39.0 Å². The fourth-order valence-corrected chi connectivity index (χ4v) is 5.56. The number of amides is 1. The van der Waals surface area contributed by atoms with E-state index in [1.54, 1.807) is 6.92 Å². The van der Waals surface area contributed by atoms with E-state index in [-0.39, 0.29) is 5.91 Å². The van der Waals surface area contributed by atoms with E-state index in [1.165, 1.54) is 56.7 Å². The first-order valence-electron chi connectivity index (χ1n) is 10.2. The lowest BCUT2D eigenvalue weighted by atomic mass is 9.80. The number of rotatable bonds is 3. The standard InChI is InChI=1S/C19H35N5OS/c1-17(25)22-8-10-23(11-9-22)18(20-2)21-16-19(6-4-3-5-7-19)24-12-14-26-15-13-24/h3-16H2,1-2H3,(H,20,21). The van der Waals surface area contributed by atoms with Gasteiger partial charge in [-0.05, 0) is 12.8 Å². The molecule has 148 valence electrons. The lowest BCUT2D eigenvalue weighted by Gasteiger charge is -2.48. The molecule has 7 heteroatoms. The maximum Gasteiger partial charge on any atom is 0.219 e. The summed E-state index contributed by atoms with van der Waals surface area (Å²) in [4.78, 5) is 23.1. The number of nitrogens with one attached hydrogen (secondary N) is 1. The molecule has 0 spiro atoms. The third kappa shape index (κ3) is 4.66. The monoisotopic (exact) mass is 381 g/mol. The molecule has 3 rings (SSSR count). The highest BCUT2D eigenvalue weighted by Crippen LogP contribution is 2.34. The second kappa shape index (κ2) is 9.31. The summed E-state index contributed by atoms with van der Waals surface area (Å²) < 4.78 is 0. The Labute approximate surface area is 162 Å². The quantitative estimate of drug-likeness (QED) is 0.593. The average Bonchev–Trinajstić information content (AvgIpc) is 2.70. The van der Waals surface area contributed by atoms with Crippen LogP contribution in [0.2, 0.25) is 0 Å². The number of hydrogen-bond acceptors (Lipinski definition) is 4. The second-order valence-electron chi connectivity index (χ2n) is 7.78. The van der Waals surface area contributed by atoms with Crippen LogP contribution < -0.4 is 5.32 Å². The van der Waals surface area contributed by atoms with Crippen LogP contribution >= 0.6 is 11.8 Å². The smallest absolute Gasteiger partial charge is 0.219 e. The maximum atomic E-state index is 11.5. The molecule has 0 atom stereocenters. The maximum absolute atomic E-state index is 11.5. The molecule has 1 N–H and O–H groups in total. The van der Waals surface area contributed by atoms with Gasteiger partial charge in [0.2, 0.25) is 5.91 Å². The van der Waals surface area contributed by atoms with Crippen molar-refractivity contribution in [1.82, 2.24) is 20.0 Å². The topological polar surface area (TPSA) is 51.2 Å². The first kappa shape index (κ1) is 19.8. The van der Waals surface area contributed by atoms with Crippen molar-refractivity contribution >= 4 is 23.6 Å². The van der Waals surface area contributed by atoms with E-state index >= 15 is 0 Å². The zero-order valence-corrected chi connectivity index (χ0v) is 17.3. The van der Waals surface area contributed by atoms with Gasteiger partial charge in [0.15, 0.2) is 5.96 Å². The number of hydrogen-bond donors (Lipinski definition) is 1. The molecule has 0 bridgehead atoms. The Hall–Kier alpha value is -0.950. The van der Waals surface area contributed by atoms with Gasteiger partial charge in [0, 0.05) is 76.8 Å². The highest BCUT2D eigenvalue weighted by atomic mass is 32.2. The number of aliphatic imine (C=N–C) groups is 1. The van der Waals surface area contributed by atoms with Gasteiger partial charge in [0.25, 0.3) is 0 Å². The Kier molecular flexibility index (Phi) is 7.09. The lowest BCUT2D eigenvalue weighted by molar-refractivity contribution is -0.130. The SMILES string of the molecule is CN=C(NCC1(N2CCSCC2)CCCCC1)N1CCN(C(C)=O)CC1. The third-order valence-electron chi connectivity index (χ3n) is 6.28. The first-order chi connectivity index (χ1) is 12.6. The van der Waals surface area contributed by atoms with Gasteiger partial charge in [-0.25, -0.2) is 0 Å². The van der Waals surface area contributed by atoms with E-state index in [9.17, 15) is 4.79 Å². The summed E-state index contributed by atoms with van der Waals surface area (Å²) in [5.41, 5.74) is 0.302. The third-order valence-corrected chi connectivity index (χ3v) is 7.22. The molecule has 0 aromatic rings. The normalized spacial score (nSPS) is 25.2. The van der Waals surface area contributed by atoms with Gasteiger partial charge < -0.3 is 15.1 Å². The van der Waals surface area contributed by atoms with Crippen LogP contribution in [0.25, 0.3) is 0 Å². The molecule has 1 aliphatic carbocycles. The van der Waals surface area contributed by atoms with Crippen LogP contribution in [0.15, 0.2) is 4.99 Å². The Bertz CT molecular complexity index is 492. The van der Waals surface area contributed by atoms with Gasteiger partial charge in [0.05, 0.1) is 0 Å². The second-order valence-corrected chi connectivity index (χ2v) is 9.00. The average molecular weight is 382 g/mol. The van der Waals surface area contributed by atoms with E-state index in [4.69, 9.17) is 0 Å².